The number of nitrogens with zero attached hydrogens (tertiary/aromatic N) is 1. The van der Waals surface area contributed by atoms with Crippen LogP contribution in [-0.2, 0) is 16.4 Å². The van der Waals surface area contributed by atoms with Crippen LogP contribution in [0.5, 0.6) is 0 Å². The first kappa shape index (κ1) is 11.3. The average molecular weight is 240 g/mol. The van der Waals surface area contributed by atoms with Crippen LogP contribution in [0.3, 0.4) is 0 Å². The molecule has 0 spiro atoms. The lowest BCUT2D eigenvalue weighted by molar-refractivity contribution is 0.592. The van der Waals surface area contributed by atoms with Gasteiger partial charge in [0.1, 0.15) is 0 Å². The van der Waals surface area contributed by atoms with E-state index < -0.39 is 10.0 Å². The van der Waals surface area contributed by atoms with E-state index in [1.165, 1.54) is 10.6 Å². The fourth-order valence-electron chi connectivity index (χ4n) is 2.04. The number of sulfonamides is 1. The molecular weight excluding hydrogens is 224 g/mol. The summed E-state index contributed by atoms with van der Waals surface area (Å²) in [7, 11) is -1.33. The first-order valence-electron chi connectivity index (χ1n) is 5.31. The van der Waals surface area contributed by atoms with E-state index in [-0.39, 0.29) is 0 Å². The van der Waals surface area contributed by atoms with E-state index >= 15 is 0 Å². The van der Waals surface area contributed by atoms with Crippen LogP contribution in [0.2, 0.25) is 0 Å². The van der Waals surface area contributed by atoms with Gasteiger partial charge in [-0.05, 0) is 30.5 Å². The Bertz CT molecular complexity index is 497. The molecule has 0 unspecified atom stereocenters. The number of benzene rings is 1. The van der Waals surface area contributed by atoms with Gasteiger partial charge in [0.05, 0.1) is 11.9 Å². The summed E-state index contributed by atoms with van der Waals surface area (Å²) in [6, 6.07) is 5.87. The van der Waals surface area contributed by atoms with Gasteiger partial charge in [-0.15, -0.1) is 0 Å². The van der Waals surface area contributed by atoms with Gasteiger partial charge in [0.15, 0.2) is 0 Å². The van der Waals surface area contributed by atoms with E-state index in [4.69, 9.17) is 0 Å². The van der Waals surface area contributed by atoms with Crippen LogP contribution < -0.4 is 9.62 Å². The molecule has 1 aliphatic rings. The van der Waals surface area contributed by atoms with Crippen molar-refractivity contribution in [3.8, 4) is 0 Å². The van der Waals surface area contributed by atoms with Crippen LogP contribution in [0.4, 0.5) is 11.4 Å². The van der Waals surface area contributed by atoms with Crippen LogP contribution in [0.15, 0.2) is 18.2 Å². The average Bonchev–Trinajstić information content (AvgIpc) is 2.26. The van der Waals surface area contributed by atoms with Crippen molar-refractivity contribution in [2.24, 2.45) is 0 Å². The minimum absolute atomic E-state index is 0.582. The first-order chi connectivity index (χ1) is 7.52. The standard InChI is InChI=1S/C11H16N2O2S/c1-12-10-6-5-9-4-3-7-13(11(9)8-10)16(2,14)15/h5-6,8,12H,3-4,7H2,1-2H3. The fourth-order valence-corrected chi connectivity index (χ4v) is 3.03. The molecule has 0 saturated carbocycles. The molecule has 4 nitrogen and oxygen atoms in total. The number of hydrogen-bond donors (Lipinski definition) is 1. The molecule has 1 N–H and O–H groups in total. The van der Waals surface area contributed by atoms with Crippen LogP contribution >= 0.6 is 0 Å². The summed E-state index contributed by atoms with van der Waals surface area (Å²) >= 11 is 0. The van der Waals surface area contributed by atoms with Gasteiger partial charge in [0.25, 0.3) is 0 Å². The maximum atomic E-state index is 11.7. The minimum atomic E-state index is -3.16. The van der Waals surface area contributed by atoms with E-state index in [0.717, 1.165) is 29.8 Å². The van der Waals surface area contributed by atoms with E-state index in [0.29, 0.717) is 6.54 Å². The predicted octanol–water partition coefficient (Wildman–Crippen LogP) is 1.44. The third kappa shape index (κ3) is 2.00. The van der Waals surface area contributed by atoms with Gasteiger partial charge < -0.3 is 5.32 Å². The van der Waals surface area contributed by atoms with Crippen LogP contribution in [0.25, 0.3) is 0 Å². The van der Waals surface area contributed by atoms with Crippen molar-refractivity contribution in [3.05, 3.63) is 23.8 Å². The van der Waals surface area contributed by atoms with Crippen molar-refractivity contribution in [2.75, 3.05) is 29.5 Å². The van der Waals surface area contributed by atoms with Crippen molar-refractivity contribution >= 4 is 21.4 Å². The monoisotopic (exact) mass is 240 g/mol. The van der Waals surface area contributed by atoms with Crippen molar-refractivity contribution in [3.63, 3.8) is 0 Å². The highest BCUT2D eigenvalue weighted by atomic mass is 32.2. The van der Waals surface area contributed by atoms with E-state index in [1.54, 1.807) is 0 Å². The molecule has 1 aromatic carbocycles. The number of anilines is 2. The second-order valence-electron chi connectivity index (χ2n) is 4.03. The molecule has 1 heterocycles. The van der Waals surface area contributed by atoms with Crippen molar-refractivity contribution in [1.82, 2.24) is 0 Å². The van der Waals surface area contributed by atoms with E-state index in [2.05, 4.69) is 5.32 Å². The van der Waals surface area contributed by atoms with Crippen molar-refractivity contribution in [1.29, 1.82) is 0 Å². The smallest absolute Gasteiger partial charge is 0.232 e. The maximum Gasteiger partial charge on any atom is 0.232 e. The molecule has 5 heteroatoms. The molecule has 0 bridgehead atoms. The number of fused-ring (bicyclic) bond motifs is 1. The second kappa shape index (κ2) is 3.97. The zero-order chi connectivity index (χ0) is 11.8. The highest BCUT2D eigenvalue weighted by Gasteiger charge is 2.23. The Morgan fingerprint density at radius 3 is 2.75 bits per heavy atom. The largest absolute Gasteiger partial charge is 0.388 e. The lowest BCUT2D eigenvalue weighted by Crippen LogP contribution is -2.34. The zero-order valence-corrected chi connectivity index (χ0v) is 10.3. The summed E-state index contributed by atoms with van der Waals surface area (Å²) < 4.78 is 24.8. The number of hydrogen-bond acceptors (Lipinski definition) is 3. The summed E-state index contributed by atoms with van der Waals surface area (Å²) in [5.74, 6) is 0. The number of aryl methyl sites for hydroxylation is 1. The molecule has 1 aliphatic heterocycles. The molecule has 0 radical (unpaired) electrons. The molecule has 0 fully saturated rings. The normalized spacial score (nSPS) is 15.8. The summed E-state index contributed by atoms with van der Waals surface area (Å²) in [6.07, 6.45) is 3.10. The maximum absolute atomic E-state index is 11.7. The predicted molar refractivity (Wildman–Crippen MR) is 66.5 cm³/mol. The molecule has 2 rings (SSSR count). The summed E-state index contributed by atoms with van der Waals surface area (Å²) in [5, 5.41) is 3.03. The van der Waals surface area contributed by atoms with Gasteiger partial charge in [-0.1, -0.05) is 6.07 Å². The Hall–Kier alpha value is -1.23. The molecule has 0 atom stereocenters. The molecule has 88 valence electrons. The van der Waals surface area contributed by atoms with Gasteiger partial charge >= 0.3 is 0 Å². The topological polar surface area (TPSA) is 49.4 Å². The number of rotatable bonds is 2. The quantitative estimate of drug-likeness (QED) is 0.851. The molecule has 16 heavy (non-hydrogen) atoms. The van der Waals surface area contributed by atoms with E-state index in [1.807, 2.05) is 25.2 Å². The van der Waals surface area contributed by atoms with Crippen molar-refractivity contribution < 1.29 is 8.42 Å². The van der Waals surface area contributed by atoms with Gasteiger partial charge in [0, 0.05) is 19.3 Å². The third-order valence-corrected chi connectivity index (χ3v) is 4.03. The number of nitrogens with one attached hydrogen (secondary N) is 1. The van der Waals surface area contributed by atoms with Gasteiger partial charge in [-0.2, -0.15) is 0 Å². The molecule has 0 saturated heterocycles. The van der Waals surface area contributed by atoms with Crippen LogP contribution in [0.1, 0.15) is 12.0 Å². The summed E-state index contributed by atoms with van der Waals surface area (Å²) in [5.41, 5.74) is 2.87. The molecule has 0 aliphatic carbocycles. The molecular formula is C11H16N2O2S. The molecule has 0 aromatic heterocycles. The molecule has 0 amide bonds. The molecule has 1 aromatic rings. The summed E-state index contributed by atoms with van der Waals surface area (Å²) in [4.78, 5) is 0. The Balaban J connectivity index is 2.52. The van der Waals surface area contributed by atoms with E-state index in [9.17, 15) is 8.42 Å². The minimum Gasteiger partial charge on any atom is -0.388 e. The van der Waals surface area contributed by atoms with Gasteiger partial charge in [-0.25, -0.2) is 8.42 Å². The first-order valence-corrected chi connectivity index (χ1v) is 7.15. The lowest BCUT2D eigenvalue weighted by atomic mass is 10.0. The zero-order valence-electron chi connectivity index (χ0n) is 9.53. The second-order valence-corrected chi connectivity index (χ2v) is 5.94. The van der Waals surface area contributed by atoms with Crippen molar-refractivity contribution in [2.45, 2.75) is 12.8 Å². The Morgan fingerprint density at radius 2 is 2.12 bits per heavy atom. The Labute approximate surface area is 96.3 Å². The highest BCUT2D eigenvalue weighted by Crippen LogP contribution is 2.31. The summed E-state index contributed by atoms with van der Waals surface area (Å²) in [6.45, 7) is 0.582. The fraction of sp³-hybridized carbons (Fsp3) is 0.455. The SMILES string of the molecule is CNc1ccc2c(c1)N(S(C)(=O)=O)CCC2. The van der Waals surface area contributed by atoms with Crippen LogP contribution in [-0.4, -0.2) is 28.3 Å². The van der Waals surface area contributed by atoms with Gasteiger partial charge in [0.2, 0.25) is 10.0 Å². The third-order valence-electron chi connectivity index (χ3n) is 2.85. The van der Waals surface area contributed by atoms with Gasteiger partial charge in [-0.3, -0.25) is 4.31 Å². The highest BCUT2D eigenvalue weighted by molar-refractivity contribution is 7.92. The Kier molecular flexibility index (Phi) is 2.80. The Morgan fingerprint density at radius 1 is 1.38 bits per heavy atom. The lowest BCUT2D eigenvalue weighted by Gasteiger charge is -2.29. The van der Waals surface area contributed by atoms with Crippen LogP contribution in [0, 0.1) is 0 Å².